The zero-order valence-electron chi connectivity index (χ0n) is 8.70. The molecular formula is C11H9BrN2OS2. The summed E-state index contributed by atoms with van der Waals surface area (Å²) in [4.78, 5) is 17.8. The summed E-state index contributed by atoms with van der Waals surface area (Å²) < 4.78 is 1.42. The molecule has 0 radical (unpaired) electrons. The van der Waals surface area contributed by atoms with Crippen molar-refractivity contribution >= 4 is 39.9 Å². The van der Waals surface area contributed by atoms with E-state index in [2.05, 4.69) is 25.9 Å². The van der Waals surface area contributed by atoms with Crippen LogP contribution in [0.2, 0.25) is 0 Å². The lowest BCUT2D eigenvalue weighted by Gasteiger charge is -2.02. The number of H-pyrrole nitrogens is 2. The molecule has 0 aliphatic heterocycles. The molecule has 6 heteroatoms. The maximum absolute atomic E-state index is 11.2. The van der Waals surface area contributed by atoms with E-state index < -0.39 is 0 Å². The van der Waals surface area contributed by atoms with Crippen LogP contribution in [0.25, 0.3) is 0 Å². The van der Waals surface area contributed by atoms with Crippen LogP contribution >= 0.6 is 39.9 Å². The first-order valence-electron chi connectivity index (χ1n) is 4.84. The molecule has 0 aliphatic carbocycles. The van der Waals surface area contributed by atoms with Crippen molar-refractivity contribution in [3.63, 3.8) is 0 Å². The van der Waals surface area contributed by atoms with Crippen molar-refractivity contribution in [3.8, 4) is 0 Å². The van der Waals surface area contributed by atoms with Crippen molar-refractivity contribution in [1.82, 2.24) is 9.97 Å². The Balaban J connectivity index is 2.09. The van der Waals surface area contributed by atoms with Crippen molar-refractivity contribution < 1.29 is 0 Å². The van der Waals surface area contributed by atoms with E-state index in [4.69, 9.17) is 12.2 Å². The van der Waals surface area contributed by atoms with E-state index >= 15 is 0 Å². The van der Waals surface area contributed by atoms with Crippen LogP contribution in [0.4, 0.5) is 0 Å². The van der Waals surface area contributed by atoms with E-state index in [9.17, 15) is 4.79 Å². The fraction of sp³-hybridized carbons (Fsp3) is 0.0909. The Morgan fingerprint density at radius 2 is 1.94 bits per heavy atom. The summed E-state index contributed by atoms with van der Waals surface area (Å²) in [6.07, 6.45) is 0. The number of rotatable bonds is 3. The van der Waals surface area contributed by atoms with E-state index in [0.29, 0.717) is 10.5 Å². The highest BCUT2D eigenvalue weighted by Gasteiger charge is 1.98. The quantitative estimate of drug-likeness (QED) is 0.669. The van der Waals surface area contributed by atoms with Crippen LogP contribution in [0.1, 0.15) is 5.69 Å². The molecule has 0 unspecified atom stereocenters. The topological polar surface area (TPSA) is 48.6 Å². The lowest BCUT2D eigenvalue weighted by atomic mass is 10.4. The zero-order valence-corrected chi connectivity index (χ0v) is 11.9. The molecule has 0 atom stereocenters. The lowest BCUT2D eigenvalue weighted by Crippen LogP contribution is -2.07. The molecule has 0 amide bonds. The predicted octanol–water partition coefficient (Wildman–Crippen LogP) is 3.49. The molecule has 2 aromatic rings. The van der Waals surface area contributed by atoms with E-state index in [1.807, 2.05) is 24.3 Å². The third kappa shape index (κ3) is 3.83. The lowest BCUT2D eigenvalue weighted by molar-refractivity contribution is 1.03. The van der Waals surface area contributed by atoms with Gasteiger partial charge in [0.2, 0.25) is 0 Å². The molecule has 3 nitrogen and oxygen atoms in total. The molecule has 0 aliphatic rings. The smallest absolute Gasteiger partial charge is 0.251 e. The van der Waals surface area contributed by atoms with E-state index in [1.54, 1.807) is 11.8 Å². The summed E-state index contributed by atoms with van der Waals surface area (Å²) in [5, 5.41) is 0. The Bertz CT molecular complexity index is 590. The molecule has 2 N–H and O–H groups in total. The molecule has 17 heavy (non-hydrogen) atoms. The summed E-state index contributed by atoms with van der Waals surface area (Å²) in [5.74, 6) is 0.690. The van der Waals surface area contributed by atoms with Crippen molar-refractivity contribution in [2.75, 3.05) is 0 Å². The fourth-order valence-corrected chi connectivity index (χ4v) is 2.59. The molecular weight excluding hydrogens is 320 g/mol. The van der Waals surface area contributed by atoms with Crippen LogP contribution in [0.5, 0.6) is 0 Å². The highest BCUT2D eigenvalue weighted by Crippen LogP contribution is 2.23. The van der Waals surface area contributed by atoms with E-state index in [0.717, 1.165) is 15.1 Å². The zero-order chi connectivity index (χ0) is 12.3. The summed E-state index contributed by atoms with van der Waals surface area (Å²) in [5.41, 5.74) is 0.659. The van der Waals surface area contributed by atoms with Crippen molar-refractivity contribution in [2.24, 2.45) is 0 Å². The van der Waals surface area contributed by atoms with Crippen molar-refractivity contribution in [1.29, 1.82) is 0 Å². The monoisotopic (exact) mass is 328 g/mol. The Kier molecular flexibility index (Phi) is 4.20. The van der Waals surface area contributed by atoms with Gasteiger partial charge in [-0.1, -0.05) is 15.9 Å². The molecule has 0 saturated carbocycles. The molecule has 0 fully saturated rings. The van der Waals surface area contributed by atoms with Gasteiger partial charge < -0.3 is 4.98 Å². The van der Waals surface area contributed by atoms with Gasteiger partial charge in [-0.2, -0.15) is 0 Å². The van der Waals surface area contributed by atoms with Crippen LogP contribution in [-0.4, -0.2) is 9.97 Å². The highest BCUT2D eigenvalue weighted by atomic mass is 79.9. The molecule has 1 aromatic heterocycles. The van der Waals surface area contributed by atoms with Gasteiger partial charge >= 0.3 is 0 Å². The first-order chi connectivity index (χ1) is 8.13. The Labute approximate surface area is 116 Å². The fourth-order valence-electron chi connectivity index (χ4n) is 1.29. The van der Waals surface area contributed by atoms with Gasteiger partial charge in [-0.15, -0.1) is 11.8 Å². The second kappa shape index (κ2) is 5.66. The van der Waals surface area contributed by atoms with Crippen LogP contribution in [0, 0.1) is 4.77 Å². The number of aromatic amines is 2. The molecule has 2 rings (SSSR count). The number of nitrogens with one attached hydrogen (secondary N) is 2. The molecule has 88 valence electrons. The number of aromatic nitrogens is 2. The van der Waals surface area contributed by atoms with Gasteiger partial charge in [0.1, 0.15) is 0 Å². The van der Waals surface area contributed by atoms with Gasteiger partial charge in [0, 0.05) is 26.9 Å². The summed E-state index contributed by atoms with van der Waals surface area (Å²) in [6, 6.07) is 9.55. The van der Waals surface area contributed by atoms with Crippen LogP contribution in [0.15, 0.2) is 44.5 Å². The average molecular weight is 329 g/mol. The van der Waals surface area contributed by atoms with E-state index in [-0.39, 0.29) is 5.56 Å². The van der Waals surface area contributed by atoms with Crippen molar-refractivity contribution in [2.45, 2.75) is 10.6 Å². The maximum atomic E-state index is 11.2. The third-order valence-electron chi connectivity index (χ3n) is 2.02. The SMILES string of the molecule is O=c1cc(CSc2ccc(Br)cc2)[nH]c(=S)[nH]1. The largest absolute Gasteiger partial charge is 0.335 e. The second-order valence-corrected chi connectivity index (χ2v) is 5.73. The molecule has 1 aromatic carbocycles. The van der Waals surface area contributed by atoms with Gasteiger partial charge in [-0.25, -0.2) is 0 Å². The van der Waals surface area contributed by atoms with Crippen LogP contribution in [-0.2, 0) is 5.75 Å². The third-order valence-corrected chi connectivity index (χ3v) is 3.82. The van der Waals surface area contributed by atoms with Crippen molar-refractivity contribution in [3.05, 3.63) is 55.6 Å². The first kappa shape index (κ1) is 12.6. The Hall–Kier alpha value is -0.850. The Morgan fingerprint density at radius 3 is 2.59 bits per heavy atom. The predicted molar refractivity (Wildman–Crippen MR) is 76.0 cm³/mol. The number of thioether (sulfide) groups is 1. The van der Waals surface area contributed by atoms with Gasteiger partial charge in [-0.3, -0.25) is 9.78 Å². The number of hydrogen-bond acceptors (Lipinski definition) is 3. The number of halogens is 1. The van der Waals surface area contributed by atoms with Crippen LogP contribution in [0.3, 0.4) is 0 Å². The normalized spacial score (nSPS) is 10.4. The van der Waals surface area contributed by atoms with Gasteiger partial charge in [-0.05, 0) is 36.5 Å². The summed E-state index contributed by atoms with van der Waals surface area (Å²) in [6.45, 7) is 0. The molecule has 0 spiro atoms. The van der Waals surface area contributed by atoms with Crippen LogP contribution < -0.4 is 5.56 Å². The number of benzene rings is 1. The highest BCUT2D eigenvalue weighted by molar-refractivity contribution is 9.10. The van der Waals surface area contributed by atoms with E-state index in [1.165, 1.54) is 6.07 Å². The number of hydrogen-bond donors (Lipinski definition) is 2. The minimum absolute atomic E-state index is 0.167. The molecule has 0 saturated heterocycles. The summed E-state index contributed by atoms with van der Waals surface area (Å²) in [7, 11) is 0. The average Bonchev–Trinajstić information content (AvgIpc) is 2.27. The maximum Gasteiger partial charge on any atom is 0.251 e. The Morgan fingerprint density at radius 1 is 1.24 bits per heavy atom. The second-order valence-electron chi connectivity index (χ2n) is 3.36. The summed E-state index contributed by atoms with van der Waals surface area (Å²) >= 11 is 9.94. The first-order valence-corrected chi connectivity index (χ1v) is 7.03. The minimum atomic E-state index is -0.167. The molecule has 0 bridgehead atoms. The van der Waals surface area contributed by atoms with Gasteiger partial charge in [0.15, 0.2) is 4.77 Å². The minimum Gasteiger partial charge on any atom is -0.335 e. The standard InChI is InChI=1S/C11H9BrN2OS2/c12-7-1-3-9(4-2-7)17-6-8-5-10(15)14-11(16)13-8/h1-5H,6H2,(H2,13,14,15,16). The van der Waals surface area contributed by atoms with Gasteiger partial charge in [0.25, 0.3) is 5.56 Å². The van der Waals surface area contributed by atoms with Gasteiger partial charge in [0.05, 0.1) is 0 Å². The molecule has 1 heterocycles.